The van der Waals surface area contributed by atoms with Crippen LogP contribution >= 0.6 is 0 Å². The Balaban J connectivity index is 1.41. The molecule has 4 aromatic rings. The van der Waals surface area contributed by atoms with E-state index in [1.165, 1.54) is 5.56 Å². The molecule has 1 heterocycles. The molecule has 31 heavy (non-hydrogen) atoms. The van der Waals surface area contributed by atoms with Crippen molar-refractivity contribution in [1.82, 2.24) is 15.1 Å². The fourth-order valence-electron chi connectivity index (χ4n) is 3.55. The molecule has 1 N–H and O–H groups in total. The van der Waals surface area contributed by atoms with Gasteiger partial charge in [-0.25, -0.2) is 0 Å². The summed E-state index contributed by atoms with van der Waals surface area (Å²) < 4.78 is 7.13. The van der Waals surface area contributed by atoms with Gasteiger partial charge >= 0.3 is 0 Å². The Hall–Kier alpha value is -3.86. The predicted octanol–water partition coefficient (Wildman–Crippen LogP) is 4.47. The van der Waals surface area contributed by atoms with Crippen molar-refractivity contribution >= 4 is 5.91 Å². The zero-order valence-corrected chi connectivity index (χ0v) is 17.5. The normalized spacial score (nSPS) is 10.6. The maximum absolute atomic E-state index is 12.5. The molecule has 4 rings (SSSR count). The summed E-state index contributed by atoms with van der Waals surface area (Å²) in [6.45, 7) is 1.23. The molecule has 156 valence electrons. The molecule has 0 fully saturated rings. The standard InChI is InChI=1S/C26H25N3O2/c1-31-24-8-4-6-21(16-24)17-26(30)27-18-23-7-2-3-9-25(23)22-12-10-20(11-13-22)19-29-15-5-14-28-29/h2-16H,17-19H2,1H3,(H,27,30). The summed E-state index contributed by atoms with van der Waals surface area (Å²) in [6, 6.07) is 26.2. The van der Waals surface area contributed by atoms with Gasteiger partial charge in [-0.05, 0) is 46.0 Å². The summed E-state index contributed by atoms with van der Waals surface area (Å²) in [7, 11) is 1.63. The van der Waals surface area contributed by atoms with E-state index in [4.69, 9.17) is 4.74 Å². The Labute approximate surface area is 182 Å². The number of nitrogens with zero attached hydrogens (tertiary/aromatic N) is 2. The van der Waals surface area contributed by atoms with E-state index >= 15 is 0 Å². The highest BCUT2D eigenvalue weighted by Crippen LogP contribution is 2.24. The van der Waals surface area contributed by atoms with E-state index in [0.717, 1.165) is 34.5 Å². The first-order valence-electron chi connectivity index (χ1n) is 10.3. The van der Waals surface area contributed by atoms with E-state index < -0.39 is 0 Å². The average molecular weight is 412 g/mol. The summed E-state index contributed by atoms with van der Waals surface area (Å²) in [5.41, 5.74) is 5.45. The highest BCUT2D eigenvalue weighted by atomic mass is 16.5. The highest BCUT2D eigenvalue weighted by molar-refractivity contribution is 5.79. The van der Waals surface area contributed by atoms with Crippen molar-refractivity contribution < 1.29 is 9.53 Å². The fourth-order valence-corrected chi connectivity index (χ4v) is 3.55. The van der Waals surface area contributed by atoms with Crippen molar-refractivity contribution in [3.05, 3.63) is 108 Å². The van der Waals surface area contributed by atoms with Gasteiger partial charge in [-0.15, -0.1) is 0 Å². The lowest BCUT2D eigenvalue weighted by atomic mass is 9.98. The smallest absolute Gasteiger partial charge is 0.224 e. The van der Waals surface area contributed by atoms with Gasteiger partial charge in [0.25, 0.3) is 0 Å². The average Bonchev–Trinajstić information content (AvgIpc) is 3.32. The van der Waals surface area contributed by atoms with E-state index in [0.29, 0.717) is 13.0 Å². The van der Waals surface area contributed by atoms with Gasteiger partial charge in [0.1, 0.15) is 5.75 Å². The fraction of sp³-hybridized carbons (Fsp3) is 0.154. The third-order valence-corrected chi connectivity index (χ3v) is 5.16. The Kier molecular flexibility index (Phi) is 6.43. The van der Waals surface area contributed by atoms with Crippen LogP contribution < -0.4 is 10.1 Å². The minimum absolute atomic E-state index is 0.0161. The van der Waals surface area contributed by atoms with Crippen molar-refractivity contribution in [1.29, 1.82) is 0 Å². The van der Waals surface area contributed by atoms with Gasteiger partial charge in [0.15, 0.2) is 0 Å². The maximum Gasteiger partial charge on any atom is 0.224 e. The van der Waals surface area contributed by atoms with Gasteiger partial charge < -0.3 is 10.1 Å². The van der Waals surface area contributed by atoms with Crippen LogP contribution in [0.1, 0.15) is 16.7 Å². The Bertz CT molecular complexity index is 1140. The number of aromatic nitrogens is 2. The van der Waals surface area contributed by atoms with Crippen molar-refractivity contribution in [2.24, 2.45) is 0 Å². The molecule has 5 heteroatoms. The second kappa shape index (κ2) is 9.76. The first-order chi connectivity index (χ1) is 15.2. The van der Waals surface area contributed by atoms with E-state index in [-0.39, 0.29) is 5.91 Å². The molecular formula is C26H25N3O2. The number of carbonyl (C=O) groups excluding carboxylic acids is 1. The molecule has 0 saturated carbocycles. The topological polar surface area (TPSA) is 56.1 Å². The first-order valence-corrected chi connectivity index (χ1v) is 10.3. The van der Waals surface area contributed by atoms with Crippen molar-refractivity contribution in [3.8, 4) is 16.9 Å². The van der Waals surface area contributed by atoms with Crippen LogP contribution in [-0.4, -0.2) is 22.8 Å². The SMILES string of the molecule is COc1cccc(CC(=O)NCc2ccccc2-c2ccc(Cn3cccn3)cc2)c1. The third kappa shape index (κ3) is 5.39. The molecule has 0 aliphatic rings. The first kappa shape index (κ1) is 20.4. The zero-order chi connectivity index (χ0) is 21.5. The number of methoxy groups -OCH3 is 1. The van der Waals surface area contributed by atoms with Gasteiger partial charge in [-0.2, -0.15) is 5.10 Å². The van der Waals surface area contributed by atoms with Gasteiger partial charge in [0, 0.05) is 18.9 Å². The quantitative estimate of drug-likeness (QED) is 0.466. The Morgan fingerprint density at radius 1 is 0.968 bits per heavy atom. The van der Waals surface area contributed by atoms with Crippen LogP contribution in [0.3, 0.4) is 0 Å². The Morgan fingerprint density at radius 2 is 1.81 bits per heavy atom. The van der Waals surface area contributed by atoms with E-state index in [2.05, 4.69) is 46.8 Å². The molecule has 0 unspecified atom stereocenters. The van der Waals surface area contributed by atoms with E-state index in [1.54, 1.807) is 13.3 Å². The second-order valence-electron chi connectivity index (χ2n) is 7.36. The summed E-state index contributed by atoms with van der Waals surface area (Å²) in [5, 5.41) is 7.30. The molecule has 0 saturated heterocycles. The van der Waals surface area contributed by atoms with Crippen molar-refractivity contribution in [2.45, 2.75) is 19.5 Å². The summed E-state index contributed by atoms with van der Waals surface area (Å²) >= 11 is 0. The molecule has 0 radical (unpaired) electrons. The minimum Gasteiger partial charge on any atom is -0.497 e. The van der Waals surface area contributed by atoms with Gasteiger partial charge in [-0.1, -0.05) is 60.7 Å². The molecule has 3 aromatic carbocycles. The number of amides is 1. The lowest BCUT2D eigenvalue weighted by Gasteiger charge is -2.12. The van der Waals surface area contributed by atoms with Gasteiger partial charge in [0.2, 0.25) is 5.91 Å². The molecule has 0 spiro atoms. The number of carbonyl (C=O) groups is 1. The Morgan fingerprint density at radius 3 is 2.58 bits per heavy atom. The van der Waals surface area contributed by atoms with Crippen LogP contribution in [0.25, 0.3) is 11.1 Å². The van der Waals surface area contributed by atoms with E-state index in [1.807, 2.05) is 53.3 Å². The largest absolute Gasteiger partial charge is 0.497 e. The van der Waals surface area contributed by atoms with E-state index in [9.17, 15) is 4.79 Å². The van der Waals surface area contributed by atoms with Crippen molar-refractivity contribution in [2.75, 3.05) is 7.11 Å². The molecule has 0 aliphatic carbocycles. The highest BCUT2D eigenvalue weighted by Gasteiger charge is 2.08. The summed E-state index contributed by atoms with van der Waals surface area (Å²) in [6.07, 6.45) is 4.06. The molecule has 0 bridgehead atoms. The number of benzene rings is 3. The predicted molar refractivity (Wildman–Crippen MR) is 122 cm³/mol. The summed E-state index contributed by atoms with van der Waals surface area (Å²) in [4.78, 5) is 12.5. The lowest BCUT2D eigenvalue weighted by molar-refractivity contribution is -0.120. The minimum atomic E-state index is -0.0161. The zero-order valence-electron chi connectivity index (χ0n) is 17.5. The van der Waals surface area contributed by atoms with Crippen LogP contribution in [0.15, 0.2) is 91.3 Å². The van der Waals surface area contributed by atoms with Crippen LogP contribution in [0.4, 0.5) is 0 Å². The third-order valence-electron chi connectivity index (χ3n) is 5.16. The maximum atomic E-state index is 12.5. The second-order valence-corrected chi connectivity index (χ2v) is 7.36. The van der Waals surface area contributed by atoms with Crippen LogP contribution in [0.2, 0.25) is 0 Å². The molecule has 0 aliphatic heterocycles. The monoisotopic (exact) mass is 411 g/mol. The number of hydrogen-bond donors (Lipinski definition) is 1. The molecule has 0 atom stereocenters. The van der Waals surface area contributed by atoms with Gasteiger partial charge in [0.05, 0.1) is 20.1 Å². The number of ether oxygens (including phenoxy) is 1. The molecule has 5 nitrogen and oxygen atoms in total. The van der Waals surface area contributed by atoms with Crippen LogP contribution in [-0.2, 0) is 24.3 Å². The molecule has 1 amide bonds. The van der Waals surface area contributed by atoms with Crippen molar-refractivity contribution in [3.63, 3.8) is 0 Å². The lowest BCUT2D eigenvalue weighted by Crippen LogP contribution is -2.24. The molecule has 1 aromatic heterocycles. The summed E-state index contributed by atoms with van der Waals surface area (Å²) in [5.74, 6) is 0.740. The number of hydrogen-bond acceptors (Lipinski definition) is 3. The van der Waals surface area contributed by atoms with Crippen LogP contribution in [0, 0.1) is 0 Å². The number of nitrogens with one attached hydrogen (secondary N) is 1. The van der Waals surface area contributed by atoms with Crippen LogP contribution in [0.5, 0.6) is 5.75 Å². The van der Waals surface area contributed by atoms with Gasteiger partial charge in [-0.3, -0.25) is 9.48 Å². The number of rotatable bonds is 8. The molecular weight excluding hydrogens is 386 g/mol.